The summed E-state index contributed by atoms with van der Waals surface area (Å²) in [6, 6.07) is 19.2. The molecule has 2 aromatic carbocycles. The Bertz CT molecular complexity index is 1230. The molecule has 38 heavy (non-hydrogen) atoms. The Labute approximate surface area is 225 Å². The average Bonchev–Trinajstić information content (AvgIpc) is 3.22. The number of aromatic nitrogens is 2. The van der Waals surface area contributed by atoms with Crippen LogP contribution in [-0.2, 0) is 4.79 Å². The number of benzene rings is 2. The van der Waals surface area contributed by atoms with Crippen molar-refractivity contribution in [1.82, 2.24) is 20.0 Å². The summed E-state index contributed by atoms with van der Waals surface area (Å²) in [5.74, 6) is 1.49. The number of nitrogens with zero attached hydrogens (tertiary/aromatic N) is 5. The smallest absolute Gasteiger partial charge is 0.254 e. The third kappa shape index (κ3) is 6.30. The first-order valence-electron chi connectivity index (χ1n) is 13.3. The third-order valence-electron chi connectivity index (χ3n) is 7.27. The molecule has 1 unspecified atom stereocenters. The minimum absolute atomic E-state index is 0.0185. The Morgan fingerprint density at radius 3 is 2.39 bits per heavy atom. The van der Waals surface area contributed by atoms with Crippen molar-refractivity contribution in [3.8, 4) is 17.0 Å². The van der Waals surface area contributed by atoms with Gasteiger partial charge in [-0.05, 0) is 74.7 Å². The summed E-state index contributed by atoms with van der Waals surface area (Å²) in [6.07, 6.45) is 1.60. The summed E-state index contributed by atoms with van der Waals surface area (Å²) >= 11 is 0. The van der Waals surface area contributed by atoms with Gasteiger partial charge in [-0.25, -0.2) is 0 Å². The van der Waals surface area contributed by atoms with E-state index in [1.165, 1.54) is 0 Å². The second kappa shape index (κ2) is 12.5. The van der Waals surface area contributed by atoms with Gasteiger partial charge >= 0.3 is 0 Å². The molecule has 1 fully saturated rings. The van der Waals surface area contributed by atoms with E-state index in [2.05, 4.69) is 15.1 Å². The van der Waals surface area contributed by atoms with Crippen LogP contribution in [0, 0.1) is 6.92 Å². The van der Waals surface area contributed by atoms with Crippen LogP contribution in [0.1, 0.15) is 42.6 Å². The molecule has 200 valence electrons. The molecular weight excluding hydrogens is 478 g/mol. The summed E-state index contributed by atoms with van der Waals surface area (Å²) in [5, 5.41) is 8.90. The zero-order valence-electron chi connectivity index (χ0n) is 22.8. The molecule has 2 amide bonds. The highest BCUT2D eigenvalue weighted by atomic mass is 16.5. The van der Waals surface area contributed by atoms with Gasteiger partial charge in [-0.15, -0.1) is 10.2 Å². The predicted octanol–water partition coefficient (Wildman–Crippen LogP) is 4.44. The number of hydrogen-bond acceptors (Lipinski definition) is 6. The van der Waals surface area contributed by atoms with Crippen molar-refractivity contribution in [2.45, 2.75) is 39.7 Å². The highest BCUT2D eigenvalue weighted by Gasteiger charge is 2.27. The lowest BCUT2D eigenvalue weighted by Crippen LogP contribution is -2.47. The fraction of sp³-hybridized carbons (Fsp3) is 0.400. The number of rotatable bonds is 8. The van der Waals surface area contributed by atoms with Crippen molar-refractivity contribution >= 4 is 17.6 Å². The summed E-state index contributed by atoms with van der Waals surface area (Å²) < 4.78 is 5.23. The minimum atomic E-state index is -0.0885. The molecule has 4 rings (SSSR count). The Hall–Kier alpha value is -3.94. The normalized spacial score (nSPS) is 14.5. The molecule has 0 bridgehead atoms. The van der Waals surface area contributed by atoms with Crippen molar-refractivity contribution in [2.75, 3.05) is 44.7 Å². The van der Waals surface area contributed by atoms with Crippen LogP contribution in [0.2, 0.25) is 0 Å². The monoisotopic (exact) mass is 515 g/mol. The Balaban J connectivity index is 1.39. The average molecular weight is 516 g/mol. The molecule has 8 heteroatoms. The van der Waals surface area contributed by atoms with E-state index in [0.717, 1.165) is 47.8 Å². The fourth-order valence-electron chi connectivity index (χ4n) is 4.67. The molecule has 1 aliphatic heterocycles. The zero-order chi connectivity index (χ0) is 27.1. The second-order valence-electron chi connectivity index (χ2n) is 9.73. The molecule has 1 aromatic heterocycles. The van der Waals surface area contributed by atoms with E-state index in [4.69, 9.17) is 4.74 Å². The van der Waals surface area contributed by atoms with Crippen LogP contribution in [-0.4, -0.2) is 77.7 Å². The van der Waals surface area contributed by atoms with Gasteiger partial charge in [0.1, 0.15) is 12.3 Å². The molecule has 2 heterocycles. The molecule has 8 nitrogen and oxygen atoms in total. The second-order valence-corrected chi connectivity index (χ2v) is 9.73. The highest BCUT2D eigenvalue weighted by molar-refractivity contribution is 5.98. The largest absolute Gasteiger partial charge is 0.497 e. The van der Waals surface area contributed by atoms with Crippen LogP contribution < -0.4 is 9.64 Å². The van der Waals surface area contributed by atoms with Crippen LogP contribution in [0.5, 0.6) is 5.75 Å². The van der Waals surface area contributed by atoms with Crippen LogP contribution in [0.3, 0.4) is 0 Å². The molecule has 1 aliphatic rings. The summed E-state index contributed by atoms with van der Waals surface area (Å²) in [5.41, 5.74) is 3.34. The molecule has 0 aliphatic carbocycles. The maximum absolute atomic E-state index is 13.4. The number of anilines is 1. The maximum atomic E-state index is 13.4. The lowest BCUT2D eigenvalue weighted by Gasteiger charge is -2.31. The number of amides is 2. The summed E-state index contributed by atoms with van der Waals surface area (Å²) in [4.78, 5) is 32.5. The lowest BCUT2D eigenvalue weighted by molar-refractivity contribution is -0.132. The van der Waals surface area contributed by atoms with E-state index in [9.17, 15) is 9.59 Å². The third-order valence-corrected chi connectivity index (χ3v) is 7.27. The van der Waals surface area contributed by atoms with Gasteiger partial charge in [0, 0.05) is 43.3 Å². The van der Waals surface area contributed by atoms with Crippen molar-refractivity contribution < 1.29 is 14.3 Å². The minimum Gasteiger partial charge on any atom is -0.497 e. The van der Waals surface area contributed by atoms with Crippen molar-refractivity contribution in [3.63, 3.8) is 0 Å². The number of hydrogen-bond donors (Lipinski definition) is 0. The molecule has 1 atom stereocenters. The maximum Gasteiger partial charge on any atom is 0.254 e. The molecule has 0 N–H and O–H groups in total. The van der Waals surface area contributed by atoms with Gasteiger partial charge in [-0.3, -0.25) is 9.59 Å². The SMILES string of the molecule is CCC(C)N(CC(=O)N1CCCN(c2ccc(-c3ccc(OC)cc3)nn2)CC1)C(=O)c1ccccc1C. The van der Waals surface area contributed by atoms with Gasteiger partial charge in [0.2, 0.25) is 5.91 Å². The standard InChI is InChI=1S/C30H37N5O3/c1-5-23(3)35(30(37)26-10-7-6-9-22(26)2)21-29(36)34-18-8-17-33(19-20-34)28-16-15-27(31-32-28)24-11-13-25(38-4)14-12-24/h6-7,9-16,23H,5,8,17-21H2,1-4H3. The summed E-state index contributed by atoms with van der Waals surface area (Å²) in [6.45, 7) is 8.74. The first-order valence-corrected chi connectivity index (χ1v) is 13.3. The number of aryl methyl sites for hydroxylation is 1. The van der Waals surface area contributed by atoms with E-state index in [1.54, 1.807) is 12.0 Å². The first kappa shape index (κ1) is 27.1. The highest BCUT2D eigenvalue weighted by Crippen LogP contribution is 2.22. The van der Waals surface area contributed by atoms with E-state index < -0.39 is 0 Å². The van der Waals surface area contributed by atoms with Crippen LogP contribution in [0.25, 0.3) is 11.3 Å². The number of ether oxygens (including phenoxy) is 1. The summed E-state index contributed by atoms with van der Waals surface area (Å²) in [7, 11) is 1.65. The van der Waals surface area contributed by atoms with Gasteiger partial charge in [0.05, 0.1) is 12.8 Å². The van der Waals surface area contributed by atoms with E-state index in [0.29, 0.717) is 25.2 Å². The quantitative estimate of drug-likeness (QED) is 0.441. The van der Waals surface area contributed by atoms with E-state index >= 15 is 0 Å². The van der Waals surface area contributed by atoms with Crippen molar-refractivity contribution in [3.05, 3.63) is 71.8 Å². The number of methoxy groups -OCH3 is 1. The van der Waals surface area contributed by atoms with Crippen LogP contribution in [0.4, 0.5) is 5.82 Å². The van der Waals surface area contributed by atoms with Gasteiger partial charge in [-0.2, -0.15) is 0 Å². The molecule has 0 saturated carbocycles. The zero-order valence-corrected chi connectivity index (χ0v) is 22.8. The van der Waals surface area contributed by atoms with Crippen molar-refractivity contribution in [1.29, 1.82) is 0 Å². The molecule has 0 spiro atoms. The molecule has 3 aromatic rings. The number of carbonyl (C=O) groups excluding carboxylic acids is 2. The van der Waals surface area contributed by atoms with Crippen molar-refractivity contribution in [2.24, 2.45) is 0 Å². The van der Waals surface area contributed by atoms with E-state index in [1.807, 2.05) is 86.3 Å². The van der Waals surface area contributed by atoms with E-state index in [-0.39, 0.29) is 24.4 Å². The topological polar surface area (TPSA) is 78.9 Å². The molecule has 0 radical (unpaired) electrons. The molecular formula is C30H37N5O3. The van der Waals surface area contributed by atoms with Crippen LogP contribution >= 0.6 is 0 Å². The lowest BCUT2D eigenvalue weighted by atomic mass is 10.1. The van der Waals surface area contributed by atoms with Gasteiger partial charge < -0.3 is 19.4 Å². The number of carbonyl (C=O) groups is 2. The first-order chi connectivity index (χ1) is 18.4. The van der Waals surface area contributed by atoms with Gasteiger partial charge in [0.15, 0.2) is 5.82 Å². The van der Waals surface area contributed by atoms with Crippen LogP contribution in [0.15, 0.2) is 60.7 Å². The Morgan fingerprint density at radius 2 is 1.74 bits per heavy atom. The van der Waals surface area contributed by atoms with Gasteiger partial charge in [0.25, 0.3) is 5.91 Å². The fourth-order valence-corrected chi connectivity index (χ4v) is 4.67. The predicted molar refractivity (Wildman–Crippen MR) is 149 cm³/mol. The Morgan fingerprint density at radius 1 is 0.974 bits per heavy atom. The Kier molecular flexibility index (Phi) is 8.94. The van der Waals surface area contributed by atoms with Gasteiger partial charge in [-0.1, -0.05) is 25.1 Å². The molecule has 1 saturated heterocycles.